The molecule has 0 spiro atoms. The first-order chi connectivity index (χ1) is 15.2. The van der Waals surface area contributed by atoms with E-state index in [1.54, 1.807) is 0 Å². The molecule has 8 nitrogen and oxygen atoms in total. The van der Waals surface area contributed by atoms with Gasteiger partial charge in [-0.2, -0.15) is 0 Å². The maximum Gasteiger partial charge on any atom is 0.264 e. The number of rotatable bonds is 12. The van der Waals surface area contributed by atoms with Crippen LogP contribution in [0.2, 0.25) is 5.02 Å². The molecule has 0 saturated heterocycles. The Bertz CT molecular complexity index is 1030. The van der Waals surface area contributed by atoms with Gasteiger partial charge in [-0.15, -0.1) is 0 Å². The smallest absolute Gasteiger partial charge is 0.264 e. The van der Waals surface area contributed by atoms with Crippen LogP contribution in [0.1, 0.15) is 13.3 Å². The van der Waals surface area contributed by atoms with E-state index >= 15 is 0 Å². The number of benzene rings is 2. The number of anilines is 1. The fraction of sp³-hybridized carbons (Fsp3) is 0.381. The van der Waals surface area contributed by atoms with Crippen LogP contribution in [-0.2, 0) is 19.6 Å². The van der Waals surface area contributed by atoms with Gasteiger partial charge in [0.25, 0.3) is 10.0 Å². The molecule has 0 fully saturated rings. The van der Waals surface area contributed by atoms with Crippen LogP contribution in [0.25, 0.3) is 0 Å². The number of amides is 1. The van der Waals surface area contributed by atoms with Crippen molar-refractivity contribution in [2.75, 3.05) is 44.8 Å². The van der Waals surface area contributed by atoms with E-state index in [0.717, 1.165) is 16.4 Å². The van der Waals surface area contributed by atoms with Gasteiger partial charge in [-0.3, -0.25) is 9.10 Å². The summed E-state index contributed by atoms with van der Waals surface area (Å²) in [6.45, 7) is 2.68. The molecule has 11 heteroatoms. The van der Waals surface area contributed by atoms with E-state index in [1.165, 1.54) is 38.5 Å². The standard InChI is InChI=1S/C21H26ClFN2O6S/c1-4-31-11-5-10-24-21(26)14-25(15-6-8-18(23)17(22)12-15)32(27,28)16-7-9-19(29-2)20(13-16)30-3/h6-9,12-13H,4-5,10-11,14H2,1-3H3,(H,24,26). The van der Waals surface area contributed by atoms with E-state index in [4.69, 9.17) is 25.8 Å². The molecule has 0 bridgehead atoms. The first kappa shape index (κ1) is 25.7. The summed E-state index contributed by atoms with van der Waals surface area (Å²) in [5, 5.41) is 2.38. The number of carbonyl (C=O) groups is 1. The highest BCUT2D eigenvalue weighted by Gasteiger charge is 2.29. The van der Waals surface area contributed by atoms with Gasteiger partial charge in [0.05, 0.1) is 29.8 Å². The van der Waals surface area contributed by atoms with Gasteiger partial charge in [0.2, 0.25) is 5.91 Å². The summed E-state index contributed by atoms with van der Waals surface area (Å²) in [5.74, 6) is -0.703. The highest BCUT2D eigenvalue weighted by molar-refractivity contribution is 7.92. The average Bonchev–Trinajstić information content (AvgIpc) is 2.78. The lowest BCUT2D eigenvalue weighted by Crippen LogP contribution is -2.41. The Hall–Kier alpha value is -2.56. The van der Waals surface area contributed by atoms with Crippen molar-refractivity contribution in [2.45, 2.75) is 18.2 Å². The number of ether oxygens (including phenoxy) is 3. The predicted octanol–water partition coefficient (Wildman–Crippen LogP) is 3.23. The SMILES string of the molecule is CCOCCCNC(=O)CN(c1ccc(F)c(Cl)c1)S(=O)(=O)c1ccc(OC)c(OC)c1. The highest BCUT2D eigenvalue weighted by atomic mass is 35.5. The minimum atomic E-state index is -4.24. The van der Waals surface area contributed by atoms with E-state index in [1.807, 2.05) is 6.92 Å². The predicted molar refractivity (Wildman–Crippen MR) is 120 cm³/mol. The van der Waals surface area contributed by atoms with Gasteiger partial charge >= 0.3 is 0 Å². The monoisotopic (exact) mass is 488 g/mol. The molecule has 1 amide bonds. The van der Waals surface area contributed by atoms with Crippen molar-refractivity contribution in [1.82, 2.24) is 5.32 Å². The lowest BCUT2D eigenvalue weighted by molar-refractivity contribution is -0.119. The van der Waals surface area contributed by atoms with Crippen molar-refractivity contribution in [1.29, 1.82) is 0 Å². The Balaban J connectivity index is 2.37. The van der Waals surface area contributed by atoms with E-state index in [9.17, 15) is 17.6 Å². The number of halogens is 2. The second-order valence-electron chi connectivity index (χ2n) is 6.53. The molecule has 0 heterocycles. The fourth-order valence-electron chi connectivity index (χ4n) is 2.79. The molecule has 0 unspecified atom stereocenters. The Morgan fingerprint density at radius 2 is 1.84 bits per heavy atom. The molecule has 0 aliphatic heterocycles. The van der Waals surface area contributed by atoms with E-state index in [2.05, 4.69) is 5.32 Å². The van der Waals surface area contributed by atoms with Gasteiger partial charge in [-0.05, 0) is 43.7 Å². The molecule has 0 atom stereocenters. The Morgan fingerprint density at radius 1 is 1.12 bits per heavy atom. The van der Waals surface area contributed by atoms with Gasteiger partial charge in [-0.25, -0.2) is 12.8 Å². The molecule has 0 aromatic heterocycles. The van der Waals surface area contributed by atoms with Crippen molar-refractivity contribution < 1.29 is 31.8 Å². The number of hydrogen-bond acceptors (Lipinski definition) is 6. The highest BCUT2D eigenvalue weighted by Crippen LogP contribution is 2.33. The van der Waals surface area contributed by atoms with Crippen LogP contribution in [0.3, 0.4) is 0 Å². The molecule has 2 rings (SSSR count). The van der Waals surface area contributed by atoms with Gasteiger partial charge in [-0.1, -0.05) is 11.6 Å². The zero-order valence-corrected chi connectivity index (χ0v) is 19.6. The Morgan fingerprint density at radius 3 is 2.47 bits per heavy atom. The Labute approximate surface area is 192 Å². The molecule has 32 heavy (non-hydrogen) atoms. The number of sulfonamides is 1. The van der Waals surface area contributed by atoms with Crippen LogP contribution in [0.4, 0.5) is 10.1 Å². The Kier molecular flexibility index (Phi) is 9.55. The normalized spacial score (nSPS) is 11.2. The van der Waals surface area contributed by atoms with Crippen LogP contribution >= 0.6 is 11.6 Å². The summed E-state index contributed by atoms with van der Waals surface area (Å²) < 4.78 is 57.0. The molecule has 1 N–H and O–H groups in total. The molecule has 2 aromatic rings. The summed E-state index contributed by atoms with van der Waals surface area (Å²) in [4.78, 5) is 12.4. The van der Waals surface area contributed by atoms with Crippen LogP contribution in [0.5, 0.6) is 11.5 Å². The summed E-state index contributed by atoms with van der Waals surface area (Å²) in [5.41, 5.74) is 0.0376. The molecule has 2 aromatic carbocycles. The first-order valence-electron chi connectivity index (χ1n) is 9.78. The van der Waals surface area contributed by atoms with E-state index in [0.29, 0.717) is 31.9 Å². The van der Waals surface area contributed by atoms with Gasteiger partial charge < -0.3 is 19.5 Å². The zero-order chi connectivity index (χ0) is 23.7. The number of nitrogens with one attached hydrogen (secondary N) is 1. The fourth-order valence-corrected chi connectivity index (χ4v) is 4.40. The lowest BCUT2D eigenvalue weighted by atomic mass is 10.3. The molecule has 176 valence electrons. The first-order valence-corrected chi connectivity index (χ1v) is 11.6. The van der Waals surface area contributed by atoms with Crippen molar-refractivity contribution in [3.63, 3.8) is 0 Å². The molecular weight excluding hydrogens is 463 g/mol. The second kappa shape index (κ2) is 11.9. The third kappa shape index (κ3) is 6.47. The van der Waals surface area contributed by atoms with E-state index < -0.39 is 28.3 Å². The summed E-state index contributed by atoms with van der Waals surface area (Å²) in [7, 11) is -1.44. The average molecular weight is 489 g/mol. The van der Waals surface area contributed by atoms with Crippen molar-refractivity contribution in [3.8, 4) is 11.5 Å². The third-order valence-electron chi connectivity index (χ3n) is 4.41. The summed E-state index contributed by atoms with van der Waals surface area (Å²) in [6, 6.07) is 7.48. The maximum absolute atomic E-state index is 13.7. The number of nitrogens with zero attached hydrogens (tertiary/aromatic N) is 1. The van der Waals surface area contributed by atoms with Gasteiger partial charge in [0.15, 0.2) is 11.5 Å². The van der Waals surface area contributed by atoms with Crippen LogP contribution in [0, 0.1) is 5.82 Å². The summed E-state index contributed by atoms with van der Waals surface area (Å²) >= 11 is 5.86. The number of hydrogen-bond donors (Lipinski definition) is 1. The largest absolute Gasteiger partial charge is 0.493 e. The van der Waals surface area contributed by atoms with Gasteiger partial charge in [0.1, 0.15) is 12.4 Å². The quantitative estimate of drug-likeness (QED) is 0.461. The summed E-state index contributed by atoms with van der Waals surface area (Å²) in [6.07, 6.45) is 0.574. The number of methoxy groups -OCH3 is 2. The third-order valence-corrected chi connectivity index (χ3v) is 6.47. The zero-order valence-electron chi connectivity index (χ0n) is 18.1. The van der Waals surface area contributed by atoms with Crippen LogP contribution in [0.15, 0.2) is 41.3 Å². The minimum absolute atomic E-state index is 0.0376. The van der Waals surface area contributed by atoms with Crippen molar-refractivity contribution >= 4 is 33.2 Å². The number of carbonyl (C=O) groups excluding carboxylic acids is 1. The topological polar surface area (TPSA) is 94.2 Å². The van der Waals surface area contributed by atoms with Crippen LogP contribution in [-0.4, -0.2) is 54.8 Å². The molecule has 0 aliphatic carbocycles. The van der Waals surface area contributed by atoms with Crippen molar-refractivity contribution in [2.24, 2.45) is 0 Å². The molecule has 0 aliphatic rings. The molecular formula is C21H26ClFN2O6S. The van der Waals surface area contributed by atoms with Gasteiger partial charge in [0, 0.05) is 25.8 Å². The van der Waals surface area contributed by atoms with Crippen molar-refractivity contribution in [3.05, 3.63) is 47.2 Å². The molecule has 0 saturated carbocycles. The second-order valence-corrected chi connectivity index (χ2v) is 8.80. The van der Waals surface area contributed by atoms with Crippen LogP contribution < -0.4 is 19.1 Å². The minimum Gasteiger partial charge on any atom is -0.493 e. The maximum atomic E-state index is 13.7. The lowest BCUT2D eigenvalue weighted by Gasteiger charge is -2.24. The molecule has 0 radical (unpaired) electrons. The van der Waals surface area contributed by atoms with E-state index in [-0.39, 0.29) is 21.4 Å².